The summed E-state index contributed by atoms with van der Waals surface area (Å²) in [6, 6.07) is 3.57. The lowest BCUT2D eigenvalue weighted by atomic mass is 10.2. The molecule has 0 saturated heterocycles. The summed E-state index contributed by atoms with van der Waals surface area (Å²) in [7, 11) is 0. The standard InChI is InChI=1S/C11H15N5O2S/c1-2-8(7-17)12-10(18)6-16-14-11(13-15-16)9-4-3-5-19-9/h3-5,8,17H,2,6-7H2,1H3,(H,12,18)/t8-/m0/s1. The molecule has 2 rings (SSSR count). The van der Waals surface area contributed by atoms with Crippen LogP contribution < -0.4 is 5.32 Å². The summed E-state index contributed by atoms with van der Waals surface area (Å²) in [5.41, 5.74) is 0. The predicted molar refractivity (Wildman–Crippen MR) is 70.4 cm³/mol. The van der Waals surface area contributed by atoms with Crippen molar-refractivity contribution in [3.63, 3.8) is 0 Å². The molecule has 1 atom stereocenters. The SMILES string of the molecule is CC[C@@H](CO)NC(=O)Cn1nnc(-c2cccs2)n1. The highest BCUT2D eigenvalue weighted by Crippen LogP contribution is 2.19. The minimum Gasteiger partial charge on any atom is -0.394 e. The van der Waals surface area contributed by atoms with Crippen LogP contribution in [-0.2, 0) is 11.3 Å². The van der Waals surface area contributed by atoms with Gasteiger partial charge in [0.05, 0.1) is 17.5 Å². The molecular formula is C11H15N5O2S. The number of rotatable bonds is 6. The molecule has 1 amide bonds. The van der Waals surface area contributed by atoms with Crippen molar-refractivity contribution < 1.29 is 9.90 Å². The van der Waals surface area contributed by atoms with Gasteiger partial charge in [0.2, 0.25) is 11.7 Å². The molecule has 0 radical (unpaired) electrons. The largest absolute Gasteiger partial charge is 0.394 e. The molecule has 7 nitrogen and oxygen atoms in total. The number of hydrogen-bond donors (Lipinski definition) is 2. The first-order chi connectivity index (χ1) is 9.22. The molecule has 0 saturated carbocycles. The second-order valence-electron chi connectivity index (χ2n) is 3.98. The van der Waals surface area contributed by atoms with E-state index >= 15 is 0 Å². The van der Waals surface area contributed by atoms with Crippen molar-refractivity contribution in [1.82, 2.24) is 25.5 Å². The van der Waals surface area contributed by atoms with Crippen LogP contribution in [0.2, 0.25) is 0 Å². The fourth-order valence-corrected chi connectivity index (χ4v) is 2.14. The second-order valence-corrected chi connectivity index (χ2v) is 4.92. The molecule has 2 aromatic heterocycles. The molecule has 2 aromatic rings. The Labute approximate surface area is 114 Å². The first kappa shape index (κ1) is 13.6. The van der Waals surface area contributed by atoms with Crippen LogP contribution in [-0.4, -0.2) is 43.9 Å². The highest BCUT2D eigenvalue weighted by Gasteiger charge is 2.12. The van der Waals surface area contributed by atoms with E-state index in [4.69, 9.17) is 5.11 Å². The topological polar surface area (TPSA) is 92.9 Å². The van der Waals surface area contributed by atoms with Gasteiger partial charge in [-0.05, 0) is 23.1 Å². The lowest BCUT2D eigenvalue weighted by molar-refractivity contribution is -0.123. The number of aromatic nitrogens is 4. The summed E-state index contributed by atoms with van der Waals surface area (Å²) in [5.74, 6) is 0.271. The van der Waals surface area contributed by atoms with E-state index in [1.165, 1.54) is 16.1 Å². The molecule has 0 spiro atoms. The van der Waals surface area contributed by atoms with Gasteiger partial charge in [-0.15, -0.1) is 21.5 Å². The van der Waals surface area contributed by atoms with Gasteiger partial charge in [-0.2, -0.15) is 4.80 Å². The average Bonchev–Trinajstić information content (AvgIpc) is 3.06. The molecule has 2 N–H and O–H groups in total. The number of tetrazole rings is 1. The van der Waals surface area contributed by atoms with Gasteiger partial charge in [0, 0.05) is 0 Å². The zero-order chi connectivity index (χ0) is 13.7. The number of amides is 1. The number of thiophene rings is 1. The summed E-state index contributed by atoms with van der Waals surface area (Å²) >= 11 is 1.51. The fourth-order valence-electron chi connectivity index (χ4n) is 1.49. The van der Waals surface area contributed by atoms with Crippen molar-refractivity contribution in [3.05, 3.63) is 17.5 Å². The lowest BCUT2D eigenvalue weighted by Gasteiger charge is -2.13. The number of hydrogen-bond acceptors (Lipinski definition) is 6. The van der Waals surface area contributed by atoms with Gasteiger partial charge in [-0.25, -0.2) is 0 Å². The van der Waals surface area contributed by atoms with Crippen molar-refractivity contribution in [2.45, 2.75) is 25.9 Å². The molecule has 8 heteroatoms. The molecule has 102 valence electrons. The molecular weight excluding hydrogens is 266 g/mol. The molecule has 0 fully saturated rings. The number of carbonyl (C=O) groups excluding carboxylic acids is 1. The molecule has 0 aliphatic heterocycles. The maximum atomic E-state index is 11.7. The van der Waals surface area contributed by atoms with E-state index in [2.05, 4.69) is 20.7 Å². The Balaban J connectivity index is 1.95. The fraction of sp³-hybridized carbons (Fsp3) is 0.455. The van der Waals surface area contributed by atoms with Crippen LogP contribution in [0.15, 0.2) is 17.5 Å². The molecule has 0 aliphatic rings. The summed E-state index contributed by atoms with van der Waals surface area (Å²) in [6.07, 6.45) is 0.674. The van der Waals surface area contributed by atoms with Gasteiger partial charge < -0.3 is 10.4 Å². The van der Waals surface area contributed by atoms with Gasteiger partial charge in [0.1, 0.15) is 6.54 Å². The first-order valence-electron chi connectivity index (χ1n) is 5.94. The van der Waals surface area contributed by atoms with Crippen molar-refractivity contribution >= 4 is 17.2 Å². The summed E-state index contributed by atoms with van der Waals surface area (Å²) < 4.78 is 0. The minimum absolute atomic E-state index is 0.00508. The Morgan fingerprint density at radius 2 is 2.47 bits per heavy atom. The van der Waals surface area contributed by atoms with Crippen LogP contribution in [0.1, 0.15) is 13.3 Å². The van der Waals surface area contributed by atoms with Gasteiger partial charge in [0.15, 0.2) is 0 Å². The van der Waals surface area contributed by atoms with Crippen molar-refractivity contribution in [2.24, 2.45) is 0 Å². The number of aliphatic hydroxyl groups excluding tert-OH is 1. The average molecular weight is 281 g/mol. The van der Waals surface area contributed by atoms with E-state index < -0.39 is 0 Å². The van der Waals surface area contributed by atoms with Crippen LogP contribution in [0.5, 0.6) is 0 Å². The third-order valence-corrected chi connectivity index (χ3v) is 3.42. The second kappa shape index (κ2) is 6.39. The van der Waals surface area contributed by atoms with Gasteiger partial charge in [-0.1, -0.05) is 13.0 Å². The summed E-state index contributed by atoms with van der Waals surface area (Å²) in [5, 5.41) is 25.5. The van der Waals surface area contributed by atoms with E-state index in [1.54, 1.807) is 0 Å². The molecule has 0 unspecified atom stereocenters. The third kappa shape index (κ3) is 3.58. The maximum absolute atomic E-state index is 11.7. The normalized spacial score (nSPS) is 12.3. The third-order valence-electron chi connectivity index (χ3n) is 2.56. The van der Waals surface area contributed by atoms with E-state index in [-0.39, 0.29) is 25.1 Å². The quantitative estimate of drug-likeness (QED) is 0.794. The van der Waals surface area contributed by atoms with Crippen LogP contribution in [0, 0.1) is 0 Å². The van der Waals surface area contributed by atoms with Gasteiger partial charge in [0.25, 0.3) is 0 Å². The highest BCUT2D eigenvalue weighted by molar-refractivity contribution is 7.13. The zero-order valence-electron chi connectivity index (χ0n) is 10.5. The lowest BCUT2D eigenvalue weighted by Crippen LogP contribution is -2.39. The Morgan fingerprint density at radius 3 is 3.11 bits per heavy atom. The summed E-state index contributed by atoms with van der Waals surface area (Å²) in [6.45, 7) is 1.81. The van der Waals surface area contributed by atoms with E-state index in [0.717, 1.165) is 4.88 Å². The monoisotopic (exact) mass is 281 g/mol. The van der Waals surface area contributed by atoms with Crippen LogP contribution in [0.3, 0.4) is 0 Å². The zero-order valence-corrected chi connectivity index (χ0v) is 11.3. The predicted octanol–water partition coefficient (Wildman–Crippen LogP) is 0.289. The number of aliphatic hydroxyl groups is 1. The summed E-state index contributed by atoms with van der Waals surface area (Å²) in [4.78, 5) is 13.8. The number of nitrogens with one attached hydrogen (secondary N) is 1. The van der Waals surface area contributed by atoms with E-state index in [9.17, 15) is 4.79 Å². The Morgan fingerprint density at radius 1 is 1.63 bits per heavy atom. The van der Waals surface area contributed by atoms with E-state index in [0.29, 0.717) is 12.2 Å². The van der Waals surface area contributed by atoms with Crippen LogP contribution in [0.4, 0.5) is 0 Å². The number of nitrogens with zero attached hydrogens (tertiary/aromatic N) is 4. The molecule has 0 bridgehead atoms. The van der Waals surface area contributed by atoms with E-state index in [1.807, 2.05) is 24.4 Å². The van der Waals surface area contributed by atoms with Crippen LogP contribution >= 0.6 is 11.3 Å². The van der Waals surface area contributed by atoms with Crippen molar-refractivity contribution in [2.75, 3.05) is 6.61 Å². The molecule has 0 aromatic carbocycles. The Bertz CT molecular complexity index is 521. The van der Waals surface area contributed by atoms with Crippen molar-refractivity contribution in [1.29, 1.82) is 0 Å². The molecule has 0 aliphatic carbocycles. The highest BCUT2D eigenvalue weighted by atomic mass is 32.1. The number of carbonyl (C=O) groups is 1. The van der Waals surface area contributed by atoms with Crippen molar-refractivity contribution in [3.8, 4) is 10.7 Å². The maximum Gasteiger partial charge on any atom is 0.243 e. The first-order valence-corrected chi connectivity index (χ1v) is 6.82. The molecule has 2 heterocycles. The van der Waals surface area contributed by atoms with Gasteiger partial charge >= 0.3 is 0 Å². The molecule has 19 heavy (non-hydrogen) atoms. The Hall–Kier alpha value is -1.80. The smallest absolute Gasteiger partial charge is 0.243 e. The van der Waals surface area contributed by atoms with Gasteiger partial charge in [-0.3, -0.25) is 4.79 Å². The Kier molecular flexibility index (Phi) is 4.58. The minimum atomic E-state index is -0.240. The van der Waals surface area contributed by atoms with Crippen LogP contribution in [0.25, 0.3) is 10.7 Å².